The molecule has 0 spiro atoms. The quantitative estimate of drug-likeness (QED) is 0.837. The Kier molecular flexibility index (Phi) is 3.54. The van der Waals surface area contributed by atoms with Crippen molar-refractivity contribution < 1.29 is 22.7 Å². The summed E-state index contributed by atoms with van der Waals surface area (Å²) in [4.78, 5) is 11.9. The van der Waals surface area contributed by atoms with Crippen LogP contribution in [0.25, 0.3) is 0 Å². The van der Waals surface area contributed by atoms with Crippen LogP contribution in [0.3, 0.4) is 0 Å². The van der Waals surface area contributed by atoms with Crippen molar-refractivity contribution in [1.29, 1.82) is 0 Å². The Bertz CT molecular complexity index is 525. The molecule has 0 aromatic heterocycles. The van der Waals surface area contributed by atoms with Gasteiger partial charge in [0.1, 0.15) is 11.3 Å². The van der Waals surface area contributed by atoms with E-state index in [2.05, 4.69) is 0 Å². The minimum absolute atomic E-state index is 0.0847. The summed E-state index contributed by atoms with van der Waals surface area (Å²) in [6.45, 7) is 2.19. The maximum atomic E-state index is 12.8. The number of rotatable bonds is 4. The maximum Gasteiger partial charge on any atom is 0.411 e. The first-order valence-corrected chi connectivity index (χ1v) is 6.20. The van der Waals surface area contributed by atoms with Crippen LogP contribution in [-0.4, -0.2) is 24.2 Å². The van der Waals surface area contributed by atoms with E-state index < -0.39 is 17.6 Å². The number of halogens is 3. The number of hydrogen-bond donors (Lipinski definition) is 2. The van der Waals surface area contributed by atoms with Crippen LogP contribution in [0, 0.1) is 0 Å². The molecule has 3 N–H and O–H groups in total. The van der Waals surface area contributed by atoms with Crippen LogP contribution in [0.5, 0.6) is 5.75 Å². The number of hydrogen-bond acceptors (Lipinski definition) is 3. The van der Waals surface area contributed by atoms with Crippen molar-refractivity contribution in [2.75, 3.05) is 12.3 Å². The van der Waals surface area contributed by atoms with Crippen molar-refractivity contribution in [3.05, 3.63) is 23.8 Å². The molecule has 110 valence electrons. The molecule has 1 aliphatic carbocycles. The van der Waals surface area contributed by atoms with Crippen LogP contribution in [0.15, 0.2) is 18.2 Å². The zero-order valence-corrected chi connectivity index (χ0v) is 10.9. The Labute approximate surface area is 114 Å². The summed E-state index contributed by atoms with van der Waals surface area (Å²) in [5, 5.41) is 2.04. The first kappa shape index (κ1) is 14.5. The number of carbonyl (C=O) groups excluding carboxylic acids is 1. The number of nitrogens with two attached hydrogens (primary N) is 1. The second kappa shape index (κ2) is 4.88. The first-order valence-electron chi connectivity index (χ1n) is 6.20. The van der Waals surface area contributed by atoms with Gasteiger partial charge in [0.15, 0.2) is 0 Å². The molecular weight excluding hydrogens is 273 g/mol. The lowest BCUT2D eigenvalue weighted by molar-refractivity contribution is -0.163. The average molecular weight is 288 g/mol. The van der Waals surface area contributed by atoms with Gasteiger partial charge in [-0.3, -0.25) is 4.79 Å². The molecule has 2 rings (SSSR count). The molecule has 1 fully saturated rings. The molecule has 4 nitrogen and oxygen atoms in total. The third-order valence-corrected chi connectivity index (χ3v) is 3.22. The Morgan fingerprint density at radius 1 is 1.45 bits per heavy atom. The van der Waals surface area contributed by atoms with Crippen molar-refractivity contribution in [3.63, 3.8) is 0 Å². The van der Waals surface area contributed by atoms with E-state index in [1.807, 2.05) is 5.32 Å². The van der Waals surface area contributed by atoms with Crippen LogP contribution < -0.4 is 15.8 Å². The molecule has 1 saturated carbocycles. The number of carbonyl (C=O) groups is 1. The molecule has 0 radical (unpaired) electrons. The molecule has 1 amide bonds. The van der Waals surface area contributed by atoms with E-state index in [9.17, 15) is 18.0 Å². The Hall–Kier alpha value is -1.92. The van der Waals surface area contributed by atoms with Gasteiger partial charge < -0.3 is 15.8 Å². The summed E-state index contributed by atoms with van der Waals surface area (Å²) in [6, 6.07) is 4.18. The molecule has 1 aromatic rings. The van der Waals surface area contributed by atoms with E-state index >= 15 is 0 Å². The van der Waals surface area contributed by atoms with Gasteiger partial charge in [0.2, 0.25) is 0 Å². The summed E-state index contributed by atoms with van der Waals surface area (Å²) in [7, 11) is 0. The summed E-state index contributed by atoms with van der Waals surface area (Å²) in [5.41, 5.74) is 3.91. The topological polar surface area (TPSA) is 64.3 Å². The molecule has 0 bridgehead atoms. The Morgan fingerprint density at radius 3 is 2.55 bits per heavy atom. The average Bonchev–Trinajstić information content (AvgIpc) is 3.12. The standard InChI is InChI=1S/C13H15F3N2O2/c1-2-20-10-4-3-8(7-9(10)17)11(19)18-12(5-6-12)13(14,15)16/h3-4,7H,2,5-6,17H2,1H3,(H,18,19). The highest BCUT2D eigenvalue weighted by molar-refractivity contribution is 5.96. The molecule has 1 aromatic carbocycles. The summed E-state index contributed by atoms with van der Waals surface area (Å²) in [5.74, 6) is -0.379. The lowest BCUT2D eigenvalue weighted by atomic mass is 10.1. The zero-order valence-electron chi connectivity index (χ0n) is 10.9. The minimum Gasteiger partial charge on any atom is -0.492 e. The number of amides is 1. The molecular formula is C13H15F3N2O2. The van der Waals surface area contributed by atoms with Crippen molar-refractivity contribution >= 4 is 11.6 Å². The highest BCUT2D eigenvalue weighted by Gasteiger charge is 2.64. The van der Waals surface area contributed by atoms with Gasteiger partial charge in [-0.2, -0.15) is 13.2 Å². The largest absolute Gasteiger partial charge is 0.492 e. The molecule has 0 saturated heterocycles. The van der Waals surface area contributed by atoms with Gasteiger partial charge in [0, 0.05) is 5.56 Å². The number of nitrogens with one attached hydrogen (secondary N) is 1. The third kappa shape index (κ3) is 2.66. The maximum absolute atomic E-state index is 12.8. The lowest BCUT2D eigenvalue weighted by Gasteiger charge is -2.20. The zero-order chi connectivity index (χ0) is 15.0. The SMILES string of the molecule is CCOc1ccc(C(=O)NC2(C(F)(F)F)CC2)cc1N. The summed E-state index contributed by atoms with van der Waals surface area (Å²) in [6.07, 6.45) is -4.61. The van der Waals surface area contributed by atoms with E-state index in [1.54, 1.807) is 6.92 Å². The number of benzene rings is 1. The predicted octanol–water partition coefficient (Wildman–Crippen LogP) is 2.49. The van der Waals surface area contributed by atoms with Crippen LogP contribution >= 0.6 is 0 Å². The number of nitrogen functional groups attached to an aromatic ring is 1. The van der Waals surface area contributed by atoms with Gasteiger partial charge in [-0.25, -0.2) is 0 Å². The molecule has 1 aliphatic rings. The van der Waals surface area contributed by atoms with Gasteiger partial charge in [0.05, 0.1) is 12.3 Å². The molecule has 20 heavy (non-hydrogen) atoms. The number of ether oxygens (including phenoxy) is 1. The van der Waals surface area contributed by atoms with E-state index in [0.717, 1.165) is 0 Å². The molecule has 0 atom stereocenters. The van der Waals surface area contributed by atoms with Gasteiger partial charge in [0.25, 0.3) is 5.91 Å². The number of anilines is 1. The predicted molar refractivity (Wildman–Crippen MR) is 67.5 cm³/mol. The van der Waals surface area contributed by atoms with Crippen molar-refractivity contribution in [3.8, 4) is 5.75 Å². The lowest BCUT2D eigenvalue weighted by Crippen LogP contribution is -2.47. The molecule has 7 heteroatoms. The van der Waals surface area contributed by atoms with Crippen LogP contribution in [0.1, 0.15) is 30.1 Å². The minimum atomic E-state index is -4.43. The van der Waals surface area contributed by atoms with Crippen molar-refractivity contribution in [2.45, 2.75) is 31.5 Å². The fraction of sp³-hybridized carbons (Fsp3) is 0.462. The Balaban J connectivity index is 2.13. The van der Waals surface area contributed by atoms with Crippen LogP contribution in [-0.2, 0) is 0 Å². The van der Waals surface area contributed by atoms with Crippen molar-refractivity contribution in [1.82, 2.24) is 5.32 Å². The number of alkyl halides is 3. The highest BCUT2D eigenvalue weighted by Crippen LogP contribution is 2.49. The second-order valence-electron chi connectivity index (χ2n) is 4.72. The molecule has 0 heterocycles. The second-order valence-corrected chi connectivity index (χ2v) is 4.72. The highest BCUT2D eigenvalue weighted by atomic mass is 19.4. The van der Waals surface area contributed by atoms with E-state index in [4.69, 9.17) is 10.5 Å². The van der Waals surface area contributed by atoms with Gasteiger partial charge in [-0.1, -0.05) is 0 Å². The van der Waals surface area contributed by atoms with Crippen molar-refractivity contribution in [2.24, 2.45) is 0 Å². The monoisotopic (exact) mass is 288 g/mol. The van der Waals surface area contributed by atoms with Crippen LogP contribution in [0.2, 0.25) is 0 Å². The van der Waals surface area contributed by atoms with E-state index in [-0.39, 0.29) is 24.1 Å². The van der Waals surface area contributed by atoms with Gasteiger partial charge in [-0.05, 0) is 38.0 Å². The first-order chi connectivity index (χ1) is 9.29. The van der Waals surface area contributed by atoms with Gasteiger partial charge >= 0.3 is 6.18 Å². The normalized spacial score (nSPS) is 16.6. The summed E-state index contributed by atoms with van der Waals surface area (Å²) >= 11 is 0. The van der Waals surface area contributed by atoms with E-state index in [0.29, 0.717) is 12.4 Å². The van der Waals surface area contributed by atoms with Gasteiger partial charge in [-0.15, -0.1) is 0 Å². The molecule has 0 unspecified atom stereocenters. The smallest absolute Gasteiger partial charge is 0.411 e. The fourth-order valence-electron chi connectivity index (χ4n) is 1.87. The van der Waals surface area contributed by atoms with Crippen LogP contribution in [0.4, 0.5) is 18.9 Å². The Morgan fingerprint density at radius 2 is 2.10 bits per heavy atom. The summed E-state index contributed by atoms with van der Waals surface area (Å²) < 4.78 is 43.5. The van der Waals surface area contributed by atoms with E-state index in [1.165, 1.54) is 18.2 Å². The fourth-order valence-corrected chi connectivity index (χ4v) is 1.87. The third-order valence-electron chi connectivity index (χ3n) is 3.22. The molecule has 0 aliphatic heterocycles.